The molecule has 1 aliphatic heterocycles. The zero-order chi connectivity index (χ0) is 29.4. The first-order chi connectivity index (χ1) is 19.7. The van der Waals surface area contributed by atoms with Gasteiger partial charge in [0.25, 0.3) is 0 Å². The fourth-order valence-electron chi connectivity index (χ4n) is 4.94. The van der Waals surface area contributed by atoms with Crippen molar-refractivity contribution in [3.8, 4) is 0 Å². The number of benzene rings is 3. The van der Waals surface area contributed by atoms with Gasteiger partial charge in [0.05, 0.1) is 17.7 Å². The average Bonchev–Trinajstić information content (AvgIpc) is 3.23. The van der Waals surface area contributed by atoms with Crippen molar-refractivity contribution in [2.75, 3.05) is 6.61 Å². The van der Waals surface area contributed by atoms with Crippen molar-refractivity contribution in [3.05, 3.63) is 107 Å². The number of esters is 2. The fraction of sp³-hybridized carbons (Fsp3) is 0.394. The SMILES string of the molecule is CCCC[C@@]1(OCc2ccccc2)[C@@H]([C@@H](COC(=O)c2ccc(C)cc2)OC(=O)c2ccc(C)cc2)OC(O)[C@@H]1O. The lowest BCUT2D eigenvalue weighted by atomic mass is 9.84. The summed E-state index contributed by atoms with van der Waals surface area (Å²) < 4.78 is 23.8. The number of aryl methyl sites for hydroxylation is 2. The number of hydrogen-bond donors (Lipinski definition) is 2. The summed E-state index contributed by atoms with van der Waals surface area (Å²) in [5, 5.41) is 22.0. The van der Waals surface area contributed by atoms with E-state index >= 15 is 0 Å². The standard InChI is InChI=1S/C33H38O8/c1-4-5-19-33(39-20-24-9-7-6-8-10-24)28(34)32(37)41-29(33)27(40-31(36)26-17-13-23(3)14-18-26)21-38-30(35)25-15-11-22(2)12-16-25/h6-18,27-29,32,34,37H,4-5,19-21H2,1-3H3/t27-,28+,29-,32?,33+/m1/s1. The van der Waals surface area contributed by atoms with Gasteiger partial charge in [-0.1, -0.05) is 85.5 Å². The molecule has 41 heavy (non-hydrogen) atoms. The maximum absolute atomic E-state index is 13.3. The van der Waals surface area contributed by atoms with E-state index in [1.165, 1.54) is 0 Å². The van der Waals surface area contributed by atoms with Crippen molar-refractivity contribution in [2.24, 2.45) is 0 Å². The van der Waals surface area contributed by atoms with Crippen LogP contribution in [0.5, 0.6) is 0 Å². The molecule has 0 spiro atoms. The van der Waals surface area contributed by atoms with Gasteiger partial charge in [0.1, 0.15) is 24.4 Å². The molecule has 1 heterocycles. The Morgan fingerprint density at radius 1 is 0.878 bits per heavy atom. The van der Waals surface area contributed by atoms with Gasteiger partial charge in [-0.15, -0.1) is 0 Å². The monoisotopic (exact) mass is 562 g/mol. The Bertz CT molecular complexity index is 1270. The van der Waals surface area contributed by atoms with E-state index in [4.69, 9.17) is 18.9 Å². The highest BCUT2D eigenvalue weighted by molar-refractivity contribution is 5.90. The van der Waals surface area contributed by atoms with Gasteiger partial charge in [0, 0.05) is 0 Å². The van der Waals surface area contributed by atoms with Gasteiger partial charge in [-0.05, 0) is 50.1 Å². The minimum Gasteiger partial charge on any atom is -0.458 e. The smallest absolute Gasteiger partial charge is 0.338 e. The molecular weight excluding hydrogens is 524 g/mol. The lowest BCUT2D eigenvalue weighted by Gasteiger charge is -2.39. The molecule has 218 valence electrons. The van der Waals surface area contributed by atoms with Gasteiger partial charge < -0.3 is 29.2 Å². The number of carbonyl (C=O) groups excluding carboxylic acids is 2. The summed E-state index contributed by atoms with van der Waals surface area (Å²) in [5.74, 6) is -1.27. The van der Waals surface area contributed by atoms with Crippen LogP contribution in [0.4, 0.5) is 0 Å². The highest BCUT2D eigenvalue weighted by Gasteiger charge is 2.60. The van der Waals surface area contributed by atoms with Crippen LogP contribution in [0.3, 0.4) is 0 Å². The van der Waals surface area contributed by atoms with Gasteiger partial charge in [-0.2, -0.15) is 0 Å². The normalized spacial score (nSPS) is 22.7. The number of hydrogen-bond acceptors (Lipinski definition) is 8. The number of aliphatic hydroxyl groups is 2. The summed E-state index contributed by atoms with van der Waals surface area (Å²) in [7, 11) is 0. The van der Waals surface area contributed by atoms with Crippen LogP contribution in [0.1, 0.15) is 63.6 Å². The minimum absolute atomic E-state index is 0.121. The van der Waals surface area contributed by atoms with E-state index in [1.54, 1.807) is 48.5 Å². The van der Waals surface area contributed by atoms with Gasteiger partial charge in [-0.25, -0.2) is 9.59 Å². The first-order valence-corrected chi connectivity index (χ1v) is 13.9. The summed E-state index contributed by atoms with van der Waals surface area (Å²) in [6.45, 7) is 5.56. The molecule has 8 heteroatoms. The van der Waals surface area contributed by atoms with E-state index in [2.05, 4.69) is 0 Å². The lowest BCUT2D eigenvalue weighted by molar-refractivity contribution is -0.175. The van der Waals surface area contributed by atoms with Crippen LogP contribution >= 0.6 is 0 Å². The second kappa shape index (κ2) is 13.9. The molecule has 1 fully saturated rings. The minimum atomic E-state index is -1.60. The molecule has 0 aliphatic carbocycles. The molecule has 3 aromatic carbocycles. The van der Waals surface area contributed by atoms with Crippen LogP contribution in [-0.2, 0) is 25.6 Å². The van der Waals surface area contributed by atoms with Gasteiger partial charge in [0.15, 0.2) is 12.4 Å². The number of rotatable bonds is 12. The van der Waals surface area contributed by atoms with Gasteiger partial charge in [0.2, 0.25) is 0 Å². The molecule has 8 nitrogen and oxygen atoms in total. The van der Waals surface area contributed by atoms with E-state index in [0.717, 1.165) is 23.1 Å². The maximum atomic E-state index is 13.3. The summed E-state index contributed by atoms with van der Waals surface area (Å²) in [6.07, 6.45) is -3.63. The molecule has 0 bridgehead atoms. The lowest BCUT2D eigenvalue weighted by Crippen LogP contribution is -2.56. The van der Waals surface area contributed by atoms with Crippen LogP contribution in [0, 0.1) is 13.8 Å². The second-order valence-electron chi connectivity index (χ2n) is 10.5. The largest absolute Gasteiger partial charge is 0.458 e. The third kappa shape index (κ3) is 7.40. The van der Waals surface area contributed by atoms with Gasteiger partial charge >= 0.3 is 11.9 Å². The van der Waals surface area contributed by atoms with Crippen molar-refractivity contribution in [3.63, 3.8) is 0 Å². The molecule has 3 aromatic rings. The van der Waals surface area contributed by atoms with Crippen molar-refractivity contribution in [2.45, 2.75) is 76.8 Å². The summed E-state index contributed by atoms with van der Waals surface area (Å²) in [4.78, 5) is 26.2. The Hall–Kier alpha value is -3.56. The van der Waals surface area contributed by atoms with Crippen molar-refractivity contribution in [1.29, 1.82) is 0 Å². The third-order valence-corrected chi connectivity index (χ3v) is 7.36. The Balaban J connectivity index is 1.65. The van der Waals surface area contributed by atoms with Crippen LogP contribution in [-0.4, -0.2) is 59.0 Å². The van der Waals surface area contributed by atoms with E-state index < -0.39 is 42.1 Å². The highest BCUT2D eigenvalue weighted by Crippen LogP contribution is 2.41. The van der Waals surface area contributed by atoms with Crippen LogP contribution in [0.15, 0.2) is 78.9 Å². The molecule has 4 rings (SSSR count). The summed E-state index contributed by atoms with van der Waals surface area (Å²) >= 11 is 0. The van der Waals surface area contributed by atoms with Crippen LogP contribution in [0.2, 0.25) is 0 Å². The summed E-state index contributed by atoms with van der Waals surface area (Å²) in [5.41, 5.74) is 2.01. The predicted octanol–water partition coefficient (Wildman–Crippen LogP) is 4.91. The second-order valence-corrected chi connectivity index (χ2v) is 10.5. The Morgan fingerprint density at radius 2 is 1.46 bits per heavy atom. The van der Waals surface area contributed by atoms with Crippen molar-refractivity contribution >= 4 is 11.9 Å². The van der Waals surface area contributed by atoms with Crippen LogP contribution in [0.25, 0.3) is 0 Å². The number of ether oxygens (including phenoxy) is 4. The highest BCUT2D eigenvalue weighted by atomic mass is 16.7. The molecule has 1 unspecified atom stereocenters. The number of aliphatic hydroxyl groups excluding tert-OH is 2. The molecule has 0 radical (unpaired) electrons. The molecule has 1 saturated heterocycles. The molecular formula is C33H38O8. The van der Waals surface area contributed by atoms with Crippen LogP contribution < -0.4 is 0 Å². The van der Waals surface area contributed by atoms with E-state index in [0.29, 0.717) is 24.0 Å². The Kier molecular flexibility index (Phi) is 10.3. The molecule has 0 aromatic heterocycles. The zero-order valence-electron chi connectivity index (χ0n) is 23.7. The third-order valence-electron chi connectivity index (χ3n) is 7.36. The van der Waals surface area contributed by atoms with Crippen molar-refractivity contribution in [1.82, 2.24) is 0 Å². The zero-order valence-corrected chi connectivity index (χ0v) is 23.7. The molecule has 0 saturated carbocycles. The Morgan fingerprint density at radius 3 is 2.05 bits per heavy atom. The van der Waals surface area contributed by atoms with Crippen molar-refractivity contribution < 1.29 is 38.7 Å². The number of carbonyl (C=O) groups is 2. The average molecular weight is 563 g/mol. The quantitative estimate of drug-likeness (QED) is 0.300. The molecule has 1 aliphatic rings. The number of unbranched alkanes of at least 4 members (excludes halogenated alkanes) is 1. The van der Waals surface area contributed by atoms with Gasteiger partial charge in [-0.3, -0.25) is 0 Å². The topological polar surface area (TPSA) is 112 Å². The molecule has 2 N–H and O–H groups in total. The first kappa shape index (κ1) is 30.4. The molecule has 0 amide bonds. The first-order valence-electron chi connectivity index (χ1n) is 13.9. The Labute approximate surface area is 240 Å². The maximum Gasteiger partial charge on any atom is 0.338 e. The van der Waals surface area contributed by atoms with E-state index in [9.17, 15) is 19.8 Å². The van der Waals surface area contributed by atoms with E-state index in [1.807, 2.05) is 51.1 Å². The predicted molar refractivity (Wildman–Crippen MR) is 152 cm³/mol. The van der Waals surface area contributed by atoms with E-state index in [-0.39, 0.29) is 13.2 Å². The fourth-order valence-corrected chi connectivity index (χ4v) is 4.94. The summed E-state index contributed by atoms with van der Waals surface area (Å²) in [6, 6.07) is 23.2. The molecule has 5 atom stereocenters.